The molecular weight excluding hydrogens is 152 g/mol. The van der Waals surface area contributed by atoms with Crippen molar-refractivity contribution in [3.8, 4) is 0 Å². The van der Waals surface area contributed by atoms with Crippen LogP contribution < -0.4 is 10.6 Å². The van der Waals surface area contributed by atoms with Gasteiger partial charge in [0, 0.05) is 13.1 Å². The molecule has 0 aromatic carbocycles. The second-order valence-corrected chi connectivity index (χ2v) is 3.92. The molecule has 2 rings (SSSR count). The molecule has 2 aliphatic rings. The van der Waals surface area contributed by atoms with E-state index in [1.54, 1.807) is 0 Å². The zero-order valence-electron chi connectivity index (χ0n) is 7.36. The fourth-order valence-corrected chi connectivity index (χ4v) is 2.24. The van der Waals surface area contributed by atoms with Gasteiger partial charge in [0.15, 0.2) is 0 Å². The molecule has 0 saturated carbocycles. The fraction of sp³-hybridized carbons (Fsp3) is 0.889. The van der Waals surface area contributed by atoms with Gasteiger partial charge in [-0.15, -0.1) is 0 Å². The molecule has 2 saturated heterocycles. The molecule has 0 aliphatic carbocycles. The Labute approximate surface area is 72.9 Å². The van der Waals surface area contributed by atoms with Crippen LogP contribution in [0, 0.1) is 5.41 Å². The molecule has 1 amide bonds. The maximum Gasteiger partial charge on any atom is 0.227 e. The van der Waals surface area contributed by atoms with Crippen LogP contribution >= 0.6 is 0 Å². The lowest BCUT2D eigenvalue weighted by atomic mass is 9.82. The third-order valence-corrected chi connectivity index (χ3v) is 3.09. The van der Waals surface area contributed by atoms with E-state index in [0.717, 1.165) is 38.9 Å². The Kier molecular flexibility index (Phi) is 2.05. The van der Waals surface area contributed by atoms with E-state index in [2.05, 4.69) is 10.6 Å². The van der Waals surface area contributed by atoms with Gasteiger partial charge in [-0.3, -0.25) is 4.79 Å². The highest BCUT2D eigenvalue weighted by atomic mass is 16.2. The van der Waals surface area contributed by atoms with Crippen LogP contribution in [-0.2, 0) is 4.79 Å². The minimum atomic E-state index is -0.0451. The summed E-state index contributed by atoms with van der Waals surface area (Å²) >= 11 is 0. The molecule has 2 N–H and O–H groups in total. The van der Waals surface area contributed by atoms with E-state index in [9.17, 15) is 4.79 Å². The van der Waals surface area contributed by atoms with Crippen molar-refractivity contribution in [3.05, 3.63) is 0 Å². The summed E-state index contributed by atoms with van der Waals surface area (Å²) in [5, 5.41) is 6.28. The standard InChI is InChI=1S/C9H16N2O/c12-8-9(4-6-10-7-9)3-1-2-5-11-8/h10H,1-7H2,(H,11,12)/t9-/m0/s1. The largest absolute Gasteiger partial charge is 0.356 e. The topological polar surface area (TPSA) is 41.1 Å². The monoisotopic (exact) mass is 168 g/mol. The number of amides is 1. The molecule has 0 bridgehead atoms. The van der Waals surface area contributed by atoms with E-state index in [1.807, 2.05) is 0 Å². The van der Waals surface area contributed by atoms with Crippen LogP contribution in [0.2, 0.25) is 0 Å². The number of hydrogen-bond acceptors (Lipinski definition) is 2. The van der Waals surface area contributed by atoms with Crippen LogP contribution in [0.15, 0.2) is 0 Å². The first-order chi connectivity index (χ1) is 5.83. The van der Waals surface area contributed by atoms with Gasteiger partial charge >= 0.3 is 0 Å². The number of nitrogens with one attached hydrogen (secondary N) is 2. The van der Waals surface area contributed by atoms with Gasteiger partial charge in [0.2, 0.25) is 5.91 Å². The summed E-state index contributed by atoms with van der Waals surface area (Å²) in [5.74, 6) is 0.282. The van der Waals surface area contributed by atoms with Crippen molar-refractivity contribution in [3.63, 3.8) is 0 Å². The molecule has 3 nitrogen and oxygen atoms in total. The molecule has 1 atom stereocenters. The third kappa shape index (κ3) is 1.22. The lowest BCUT2D eigenvalue weighted by Crippen LogP contribution is -2.40. The van der Waals surface area contributed by atoms with Crippen molar-refractivity contribution in [1.82, 2.24) is 10.6 Å². The highest BCUT2D eigenvalue weighted by Crippen LogP contribution is 2.33. The molecule has 2 aliphatic heterocycles. The molecule has 68 valence electrons. The average molecular weight is 168 g/mol. The van der Waals surface area contributed by atoms with E-state index in [-0.39, 0.29) is 11.3 Å². The van der Waals surface area contributed by atoms with Gasteiger partial charge < -0.3 is 10.6 Å². The number of carbonyl (C=O) groups is 1. The average Bonchev–Trinajstić information content (AvgIpc) is 2.45. The number of carbonyl (C=O) groups excluding carboxylic acids is 1. The first-order valence-electron chi connectivity index (χ1n) is 4.83. The Balaban J connectivity index is 2.13. The zero-order valence-corrected chi connectivity index (χ0v) is 7.36. The van der Waals surface area contributed by atoms with E-state index >= 15 is 0 Å². The van der Waals surface area contributed by atoms with Gasteiger partial charge in [-0.2, -0.15) is 0 Å². The van der Waals surface area contributed by atoms with Crippen molar-refractivity contribution in [1.29, 1.82) is 0 Å². The van der Waals surface area contributed by atoms with Crippen LogP contribution in [-0.4, -0.2) is 25.5 Å². The smallest absolute Gasteiger partial charge is 0.227 e. The maximum atomic E-state index is 11.7. The molecule has 1 spiro atoms. The van der Waals surface area contributed by atoms with E-state index in [4.69, 9.17) is 0 Å². The minimum absolute atomic E-state index is 0.0451. The Morgan fingerprint density at radius 1 is 1.17 bits per heavy atom. The van der Waals surface area contributed by atoms with Gasteiger partial charge in [0.25, 0.3) is 0 Å². The number of rotatable bonds is 0. The summed E-state index contributed by atoms with van der Waals surface area (Å²) in [6.07, 6.45) is 4.44. The van der Waals surface area contributed by atoms with Crippen LogP contribution in [0.1, 0.15) is 25.7 Å². The molecule has 0 unspecified atom stereocenters. The first-order valence-corrected chi connectivity index (χ1v) is 4.83. The van der Waals surface area contributed by atoms with E-state index < -0.39 is 0 Å². The Morgan fingerprint density at radius 2 is 2.08 bits per heavy atom. The van der Waals surface area contributed by atoms with Crippen LogP contribution in [0.3, 0.4) is 0 Å². The van der Waals surface area contributed by atoms with Crippen LogP contribution in [0.4, 0.5) is 0 Å². The Morgan fingerprint density at radius 3 is 2.83 bits per heavy atom. The van der Waals surface area contributed by atoms with Crippen molar-refractivity contribution in [2.75, 3.05) is 19.6 Å². The predicted molar refractivity (Wildman–Crippen MR) is 46.8 cm³/mol. The quantitative estimate of drug-likeness (QED) is 0.545. The summed E-state index contributed by atoms with van der Waals surface area (Å²) in [7, 11) is 0. The molecular formula is C9H16N2O. The van der Waals surface area contributed by atoms with Crippen LogP contribution in [0.25, 0.3) is 0 Å². The van der Waals surface area contributed by atoms with Gasteiger partial charge in [0.05, 0.1) is 5.41 Å². The summed E-state index contributed by atoms with van der Waals surface area (Å²) in [4.78, 5) is 11.7. The highest BCUT2D eigenvalue weighted by molar-refractivity contribution is 5.83. The maximum absolute atomic E-state index is 11.7. The van der Waals surface area contributed by atoms with Gasteiger partial charge in [-0.25, -0.2) is 0 Å². The fourth-order valence-electron chi connectivity index (χ4n) is 2.24. The second kappa shape index (κ2) is 3.05. The molecule has 12 heavy (non-hydrogen) atoms. The Bertz CT molecular complexity index is 185. The minimum Gasteiger partial charge on any atom is -0.356 e. The van der Waals surface area contributed by atoms with Gasteiger partial charge in [0.1, 0.15) is 0 Å². The lowest BCUT2D eigenvalue weighted by Gasteiger charge is -2.23. The summed E-state index contributed by atoms with van der Waals surface area (Å²) in [5.41, 5.74) is -0.0451. The van der Waals surface area contributed by atoms with E-state index in [1.165, 1.54) is 6.42 Å². The molecule has 2 fully saturated rings. The Hall–Kier alpha value is -0.570. The molecule has 0 aromatic heterocycles. The second-order valence-electron chi connectivity index (χ2n) is 3.92. The third-order valence-electron chi connectivity index (χ3n) is 3.09. The van der Waals surface area contributed by atoms with Crippen LogP contribution in [0.5, 0.6) is 0 Å². The highest BCUT2D eigenvalue weighted by Gasteiger charge is 2.41. The van der Waals surface area contributed by atoms with E-state index in [0.29, 0.717) is 0 Å². The van der Waals surface area contributed by atoms with Crippen molar-refractivity contribution >= 4 is 5.91 Å². The normalized spacial score (nSPS) is 36.5. The van der Waals surface area contributed by atoms with Crippen molar-refractivity contribution in [2.24, 2.45) is 5.41 Å². The number of hydrogen-bond donors (Lipinski definition) is 2. The first kappa shape index (κ1) is 8.05. The molecule has 2 heterocycles. The lowest BCUT2D eigenvalue weighted by molar-refractivity contribution is -0.129. The van der Waals surface area contributed by atoms with Crippen molar-refractivity contribution < 1.29 is 4.79 Å². The van der Waals surface area contributed by atoms with Gasteiger partial charge in [-0.1, -0.05) is 6.42 Å². The molecule has 3 heteroatoms. The summed E-state index contributed by atoms with van der Waals surface area (Å²) in [6, 6.07) is 0. The zero-order chi connectivity index (χ0) is 8.44. The summed E-state index contributed by atoms with van der Waals surface area (Å²) in [6.45, 7) is 2.77. The predicted octanol–water partition coefficient (Wildman–Crippen LogP) is 0.266. The molecule has 0 radical (unpaired) electrons. The van der Waals surface area contributed by atoms with Gasteiger partial charge in [-0.05, 0) is 25.8 Å². The van der Waals surface area contributed by atoms with Crippen molar-refractivity contribution in [2.45, 2.75) is 25.7 Å². The summed E-state index contributed by atoms with van der Waals surface area (Å²) < 4.78 is 0. The SMILES string of the molecule is O=C1NCCCC[C@@]12CCNC2. The molecule has 0 aromatic rings.